The number of nitrogens with one attached hydrogen (secondary N) is 1. The second kappa shape index (κ2) is 10.8. The number of piperazine rings is 1. The van der Waals surface area contributed by atoms with Crippen LogP contribution >= 0.6 is 0 Å². The van der Waals surface area contributed by atoms with E-state index in [9.17, 15) is 17.6 Å². The number of likely N-dealkylation sites (tertiary alicyclic amines) is 1. The zero-order chi connectivity index (χ0) is 22.4. The van der Waals surface area contributed by atoms with Gasteiger partial charge in [0.25, 0.3) is 0 Å². The van der Waals surface area contributed by atoms with E-state index in [1.807, 2.05) is 0 Å². The quantitative estimate of drug-likeness (QED) is 0.646. The molecule has 2 aliphatic rings. The van der Waals surface area contributed by atoms with Gasteiger partial charge in [-0.3, -0.25) is 4.79 Å². The van der Waals surface area contributed by atoms with E-state index in [1.165, 1.54) is 28.9 Å². The Morgan fingerprint density at radius 3 is 2.48 bits per heavy atom. The molecule has 9 heteroatoms. The molecule has 0 aromatic heterocycles. The minimum absolute atomic E-state index is 0.0406. The van der Waals surface area contributed by atoms with Crippen LogP contribution in [-0.2, 0) is 14.8 Å². The second-order valence-electron chi connectivity index (χ2n) is 8.95. The van der Waals surface area contributed by atoms with Gasteiger partial charge in [0.05, 0.1) is 4.90 Å². The second-order valence-corrected chi connectivity index (χ2v) is 10.9. The lowest BCUT2D eigenvalue weighted by Crippen LogP contribution is -2.48. The van der Waals surface area contributed by atoms with E-state index < -0.39 is 15.8 Å². The van der Waals surface area contributed by atoms with Gasteiger partial charge in [0.15, 0.2) is 0 Å². The fourth-order valence-corrected chi connectivity index (χ4v) is 6.11. The molecule has 1 amide bonds. The van der Waals surface area contributed by atoms with E-state index in [0.717, 1.165) is 32.2 Å². The highest BCUT2D eigenvalue weighted by atomic mass is 32.2. The summed E-state index contributed by atoms with van der Waals surface area (Å²) in [5.74, 6) is 0.524. The molecule has 7 nitrogen and oxygen atoms in total. The van der Waals surface area contributed by atoms with Crippen molar-refractivity contribution in [2.24, 2.45) is 11.8 Å². The van der Waals surface area contributed by atoms with Gasteiger partial charge < -0.3 is 15.1 Å². The molecule has 0 aliphatic carbocycles. The molecule has 2 atom stereocenters. The number of amides is 1. The number of nitrogens with zero attached hydrogens (tertiary/aromatic N) is 3. The highest BCUT2D eigenvalue weighted by Gasteiger charge is 2.28. The van der Waals surface area contributed by atoms with Gasteiger partial charge in [0.1, 0.15) is 5.82 Å². The van der Waals surface area contributed by atoms with E-state index in [4.69, 9.17) is 0 Å². The molecule has 0 saturated carbocycles. The summed E-state index contributed by atoms with van der Waals surface area (Å²) in [7, 11) is -3.89. The summed E-state index contributed by atoms with van der Waals surface area (Å²) in [6, 6.07) is 5.09. The highest BCUT2D eigenvalue weighted by molar-refractivity contribution is 7.89. The third-order valence-electron chi connectivity index (χ3n) is 6.09. The maximum Gasteiger partial charge on any atom is 0.243 e. The first-order chi connectivity index (χ1) is 14.8. The van der Waals surface area contributed by atoms with Crippen molar-refractivity contribution in [2.45, 2.75) is 31.6 Å². The number of sulfonamides is 1. The number of hydrogen-bond donors (Lipinski definition) is 1. The lowest BCUT2D eigenvalue weighted by Gasteiger charge is -2.36. The Kier molecular flexibility index (Phi) is 8.43. The zero-order valence-corrected chi connectivity index (χ0v) is 19.4. The number of rotatable bonds is 8. The molecule has 1 aromatic rings. The Morgan fingerprint density at radius 2 is 1.84 bits per heavy atom. The van der Waals surface area contributed by atoms with E-state index >= 15 is 0 Å². The Labute approximate surface area is 185 Å². The summed E-state index contributed by atoms with van der Waals surface area (Å²) in [4.78, 5) is 16.6. The van der Waals surface area contributed by atoms with E-state index in [-0.39, 0.29) is 30.3 Å². The first-order valence-corrected chi connectivity index (χ1v) is 12.7. The van der Waals surface area contributed by atoms with E-state index in [0.29, 0.717) is 31.5 Å². The van der Waals surface area contributed by atoms with Gasteiger partial charge in [-0.2, -0.15) is 4.31 Å². The summed E-state index contributed by atoms with van der Waals surface area (Å²) in [6.45, 7) is 10.1. The fraction of sp³-hybridized carbons (Fsp3) is 0.682. The SMILES string of the molecule is C[C@@H]1C[C@@H](C)CN(CCN(CCC(=O)N2CCNCC2)S(=O)(=O)c2cccc(F)c2)C1. The molecular weight excluding hydrogens is 419 g/mol. The minimum Gasteiger partial charge on any atom is -0.340 e. The molecule has 1 aromatic carbocycles. The van der Waals surface area contributed by atoms with Crippen LogP contribution in [0.2, 0.25) is 0 Å². The lowest BCUT2D eigenvalue weighted by molar-refractivity contribution is -0.131. The van der Waals surface area contributed by atoms with Crippen LogP contribution in [0.15, 0.2) is 29.2 Å². The number of piperidine rings is 1. The molecule has 2 heterocycles. The van der Waals surface area contributed by atoms with Crippen molar-refractivity contribution in [3.63, 3.8) is 0 Å². The van der Waals surface area contributed by atoms with Crippen LogP contribution in [0.5, 0.6) is 0 Å². The van der Waals surface area contributed by atoms with Crippen LogP contribution in [0.1, 0.15) is 26.7 Å². The minimum atomic E-state index is -3.89. The Morgan fingerprint density at radius 1 is 1.16 bits per heavy atom. The first-order valence-electron chi connectivity index (χ1n) is 11.2. The predicted octanol–water partition coefficient (Wildman–Crippen LogP) is 1.62. The smallest absolute Gasteiger partial charge is 0.243 e. The van der Waals surface area contributed by atoms with Crippen LogP contribution in [-0.4, -0.2) is 87.3 Å². The van der Waals surface area contributed by atoms with Crippen molar-refractivity contribution in [3.8, 4) is 0 Å². The van der Waals surface area contributed by atoms with Crippen molar-refractivity contribution in [2.75, 3.05) is 58.9 Å². The standard InChI is InChI=1S/C22H35FN4O3S/c1-18-14-19(2)17-25(16-18)12-13-27(9-6-22(28)26-10-7-24-8-11-26)31(29,30)21-5-3-4-20(23)15-21/h3-5,15,18-19,24H,6-14,16-17H2,1-2H3/t18-,19-/m1/s1. The monoisotopic (exact) mass is 454 g/mol. The Bertz CT molecular complexity index is 835. The summed E-state index contributed by atoms with van der Waals surface area (Å²) in [5, 5.41) is 3.21. The van der Waals surface area contributed by atoms with Gasteiger partial charge in [-0.1, -0.05) is 19.9 Å². The number of halogens is 1. The molecule has 174 valence electrons. The van der Waals surface area contributed by atoms with Crippen LogP contribution < -0.4 is 5.32 Å². The molecular formula is C22H35FN4O3S. The number of carbonyl (C=O) groups is 1. The fourth-order valence-electron chi connectivity index (χ4n) is 4.65. The van der Waals surface area contributed by atoms with Crippen molar-refractivity contribution in [1.82, 2.24) is 19.4 Å². The molecule has 2 saturated heterocycles. The first kappa shape index (κ1) is 24.1. The van der Waals surface area contributed by atoms with Crippen molar-refractivity contribution in [1.29, 1.82) is 0 Å². The normalized spacial score (nSPS) is 23.3. The molecule has 31 heavy (non-hydrogen) atoms. The molecule has 0 bridgehead atoms. The van der Waals surface area contributed by atoms with Crippen molar-refractivity contribution >= 4 is 15.9 Å². The predicted molar refractivity (Wildman–Crippen MR) is 119 cm³/mol. The third kappa shape index (κ3) is 6.71. The number of carbonyl (C=O) groups excluding carboxylic acids is 1. The molecule has 1 N–H and O–H groups in total. The Hall–Kier alpha value is -1.55. The van der Waals surface area contributed by atoms with Gasteiger partial charge in [-0.05, 0) is 36.5 Å². The molecule has 0 radical (unpaired) electrons. The molecule has 3 rings (SSSR count). The average Bonchev–Trinajstić information content (AvgIpc) is 2.73. The van der Waals surface area contributed by atoms with Gasteiger partial charge in [-0.15, -0.1) is 0 Å². The molecule has 2 fully saturated rings. The van der Waals surface area contributed by atoms with Crippen LogP contribution in [0, 0.1) is 17.7 Å². The lowest BCUT2D eigenvalue weighted by atomic mass is 9.92. The summed E-state index contributed by atoms with van der Waals surface area (Å²) >= 11 is 0. The van der Waals surface area contributed by atoms with Crippen molar-refractivity contribution in [3.05, 3.63) is 30.1 Å². The number of hydrogen-bond acceptors (Lipinski definition) is 5. The highest BCUT2D eigenvalue weighted by Crippen LogP contribution is 2.22. The van der Waals surface area contributed by atoms with Crippen LogP contribution in [0.25, 0.3) is 0 Å². The number of benzene rings is 1. The summed E-state index contributed by atoms with van der Waals surface area (Å²) in [6.07, 6.45) is 1.31. The van der Waals surface area contributed by atoms with Gasteiger partial charge in [0, 0.05) is 65.3 Å². The maximum atomic E-state index is 13.7. The average molecular weight is 455 g/mol. The van der Waals surface area contributed by atoms with Crippen molar-refractivity contribution < 1.29 is 17.6 Å². The van der Waals surface area contributed by atoms with Crippen LogP contribution in [0.4, 0.5) is 4.39 Å². The largest absolute Gasteiger partial charge is 0.340 e. The Balaban J connectivity index is 1.70. The van der Waals surface area contributed by atoms with Gasteiger partial charge in [0.2, 0.25) is 15.9 Å². The van der Waals surface area contributed by atoms with E-state index in [1.54, 1.807) is 4.90 Å². The third-order valence-corrected chi connectivity index (χ3v) is 7.98. The zero-order valence-electron chi connectivity index (χ0n) is 18.6. The summed E-state index contributed by atoms with van der Waals surface area (Å²) in [5.41, 5.74) is 0. The van der Waals surface area contributed by atoms with Crippen LogP contribution in [0.3, 0.4) is 0 Å². The molecule has 0 spiro atoms. The topological polar surface area (TPSA) is 73.0 Å². The molecule has 0 unspecified atom stereocenters. The van der Waals surface area contributed by atoms with Gasteiger partial charge in [-0.25, -0.2) is 12.8 Å². The molecule has 2 aliphatic heterocycles. The van der Waals surface area contributed by atoms with Gasteiger partial charge >= 0.3 is 0 Å². The summed E-state index contributed by atoms with van der Waals surface area (Å²) < 4.78 is 41.6. The maximum absolute atomic E-state index is 13.7. The van der Waals surface area contributed by atoms with E-state index in [2.05, 4.69) is 24.1 Å².